The molecule has 0 spiro atoms. The monoisotopic (exact) mass is 332 g/mol. The summed E-state index contributed by atoms with van der Waals surface area (Å²) >= 11 is 6.02. The number of pyridine rings is 1. The van der Waals surface area contributed by atoms with Gasteiger partial charge < -0.3 is 14.4 Å². The summed E-state index contributed by atoms with van der Waals surface area (Å²) < 4.78 is 11.6. The third-order valence-corrected chi connectivity index (χ3v) is 3.95. The molecular weight excluding hydrogens is 316 g/mol. The smallest absolute Gasteiger partial charge is 0.257 e. The molecule has 120 valence electrons. The summed E-state index contributed by atoms with van der Waals surface area (Å²) in [6.45, 7) is 3.29. The van der Waals surface area contributed by atoms with E-state index in [-0.39, 0.29) is 17.2 Å². The predicted octanol–water partition coefficient (Wildman–Crippen LogP) is 3.04. The number of para-hydroxylation sites is 2. The Bertz CT molecular complexity index is 708. The standard InChI is InChI=1S/C17H17ClN2O3/c1-2-20(17(21)13-6-5-9-19-16(13)18)10-12-11-22-14-7-3-4-8-15(14)23-12/h3-9,12H,2,10-11H2,1H3/t12-/m1/s1. The van der Waals surface area contributed by atoms with Crippen LogP contribution in [-0.2, 0) is 0 Å². The van der Waals surface area contributed by atoms with Gasteiger partial charge in [0.1, 0.15) is 11.8 Å². The van der Waals surface area contributed by atoms with Crippen LogP contribution in [-0.4, -0.2) is 41.6 Å². The number of halogens is 1. The van der Waals surface area contributed by atoms with Crippen molar-refractivity contribution in [2.24, 2.45) is 0 Å². The summed E-state index contributed by atoms with van der Waals surface area (Å²) in [6.07, 6.45) is 1.34. The number of benzene rings is 1. The van der Waals surface area contributed by atoms with Gasteiger partial charge in [0.25, 0.3) is 5.91 Å². The van der Waals surface area contributed by atoms with Crippen LogP contribution in [0.25, 0.3) is 0 Å². The average molecular weight is 333 g/mol. The number of carbonyl (C=O) groups is 1. The molecule has 1 atom stereocenters. The van der Waals surface area contributed by atoms with E-state index in [2.05, 4.69) is 4.98 Å². The van der Waals surface area contributed by atoms with E-state index >= 15 is 0 Å². The number of aromatic nitrogens is 1. The Labute approximate surface area is 139 Å². The second kappa shape index (κ2) is 6.87. The van der Waals surface area contributed by atoms with Crippen molar-refractivity contribution in [3.05, 3.63) is 53.3 Å². The fourth-order valence-corrected chi connectivity index (χ4v) is 2.67. The van der Waals surface area contributed by atoms with E-state index in [1.165, 1.54) is 0 Å². The average Bonchev–Trinajstić information content (AvgIpc) is 2.59. The number of hydrogen-bond acceptors (Lipinski definition) is 4. The van der Waals surface area contributed by atoms with E-state index in [9.17, 15) is 4.79 Å². The van der Waals surface area contributed by atoms with E-state index in [1.807, 2.05) is 31.2 Å². The molecule has 5 nitrogen and oxygen atoms in total. The molecule has 0 saturated heterocycles. The van der Waals surface area contributed by atoms with E-state index in [1.54, 1.807) is 23.2 Å². The van der Waals surface area contributed by atoms with Crippen LogP contribution in [0.15, 0.2) is 42.6 Å². The number of amides is 1. The maximum Gasteiger partial charge on any atom is 0.257 e. The van der Waals surface area contributed by atoms with Crippen molar-refractivity contribution in [3.8, 4) is 11.5 Å². The Morgan fingerprint density at radius 3 is 2.83 bits per heavy atom. The largest absolute Gasteiger partial charge is 0.486 e. The number of nitrogens with zero attached hydrogens (tertiary/aromatic N) is 2. The zero-order chi connectivity index (χ0) is 16.2. The van der Waals surface area contributed by atoms with Gasteiger partial charge in [-0.05, 0) is 31.2 Å². The molecule has 23 heavy (non-hydrogen) atoms. The number of rotatable bonds is 4. The number of fused-ring (bicyclic) bond motifs is 1. The van der Waals surface area contributed by atoms with Crippen LogP contribution < -0.4 is 9.47 Å². The fraction of sp³-hybridized carbons (Fsp3) is 0.294. The van der Waals surface area contributed by atoms with E-state index in [4.69, 9.17) is 21.1 Å². The molecule has 0 N–H and O–H groups in total. The molecule has 0 saturated carbocycles. The van der Waals surface area contributed by atoms with Crippen molar-refractivity contribution < 1.29 is 14.3 Å². The fourth-order valence-electron chi connectivity index (χ4n) is 2.47. The Kier molecular flexibility index (Phi) is 4.67. The Balaban J connectivity index is 1.71. The minimum atomic E-state index is -0.218. The van der Waals surface area contributed by atoms with Crippen LogP contribution in [0.3, 0.4) is 0 Å². The molecule has 0 radical (unpaired) electrons. The van der Waals surface area contributed by atoms with Crippen LogP contribution in [0.1, 0.15) is 17.3 Å². The van der Waals surface area contributed by atoms with Crippen LogP contribution in [0, 0.1) is 0 Å². The zero-order valence-electron chi connectivity index (χ0n) is 12.7. The van der Waals surface area contributed by atoms with Crippen LogP contribution >= 0.6 is 11.6 Å². The van der Waals surface area contributed by atoms with Gasteiger partial charge in [-0.15, -0.1) is 0 Å². The van der Waals surface area contributed by atoms with E-state index in [0.717, 1.165) is 5.75 Å². The summed E-state index contributed by atoms with van der Waals surface area (Å²) in [5.41, 5.74) is 0.396. The molecular formula is C17H17ClN2O3. The SMILES string of the molecule is CCN(C[C@@H]1COc2ccccc2O1)C(=O)c1cccnc1Cl. The van der Waals surface area contributed by atoms with Crippen molar-refractivity contribution in [3.63, 3.8) is 0 Å². The van der Waals surface area contributed by atoms with Crippen LogP contribution in [0.5, 0.6) is 11.5 Å². The molecule has 1 aromatic heterocycles. The maximum absolute atomic E-state index is 12.6. The molecule has 0 unspecified atom stereocenters. The molecule has 3 rings (SSSR count). The first kappa shape index (κ1) is 15.6. The lowest BCUT2D eigenvalue weighted by atomic mass is 10.2. The van der Waals surface area contributed by atoms with Gasteiger partial charge in [0.2, 0.25) is 0 Å². The van der Waals surface area contributed by atoms with Crippen molar-refractivity contribution in [2.75, 3.05) is 19.7 Å². The highest BCUT2D eigenvalue weighted by atomic mass is 35.5. The molecule has 1 amide bonds. The predicted molar refractivity (Wildman–Crippen MR) is 87.2 cm³/mol. The maximum atomic E-state index is 12.6. The number of hydrogen-bond donors (Lipinski definition) is 0. The van der Waals surface area contributed by atoms with Crippen LogP contribution in [0.4, 0.5) is 0 Å². The first-order valence-corrected chi connectivity index (χ1v) is 7.85. The zero-order valence-corrected chi connectivity index (χ0v) is 13.5. The first-order valence-electron chi connectivity index (χ1n) is 7.47. The summed E-state index contributed by atoms with van der Waals surface area (Å²) in [6, 6.07) is 10.9. The summed E-state index contributed by atoms with van der Waals surface area (Å²) in [5.74, 6) is 1.27. The van der Waals surface area contributed by atoms with Crippen molar-refractivity contribution in [1.82, 2.24) is 9.88 Å². The quantitative estimate of drug-likeness (QED) is 0.808. The number of carbonyl (C=O) groups excluding carboxylic acids is 1. The van der Waals surface area contributed by atoms with Crippen molar-refractivity contribution >= 4 is 17.5 Å². The van der Waals surface area contributed by atoms with Gasteiger partial charge >= 0.3 is 0 Å². The molecule has 0 aliphatic carbocycles. The van der Waals surface area contributed by atoms with Gasteiger partial charge in [0, 0.05) is 12.7 Å². The lowest BCUT2D eigenvalue weighted by molar-refractivity contribution is 0.0475. The molecule has 6 heteroatoms. The van der Waals surface area contributed by atoms with Gasteiger partial charge in [0.15, 0.2) is 17.6 Å². The number of ether oxygens (including phenoxy) is 2. The second-order valence-corrected chi connectivity index (χ2v) is 5.54. The highest BCUT2D eigenvalue weighted by Crippen LogP contribution is 2.31. The van der Waals surface area contributed by atoms with Gasteiger partial charge in [-0.1, -0.05) is 23.7 Å². The second-order valence-electron chi connectivity index (χ2n) is 5.18. The lowest BCUT2D eigenvalue weighted by Gasteiger charge is -2.31. The van der Waals surface area contributed by atoms with Gasteiger partial charge in [-0.2, -0.15) is 0 Å². The van der Waals surface area contributed by atoms with E-state index < -0.39 is 0 Å². The van der Waals surface area contributed by atoms with Crippen LogP contribution in [0.2, 0.25) is 5.15 Å². The minimum Gasteiger partial charge on any atom is -0.486 e. The van der Waals surface area contributed by atoms with Crippen molar-refractivity contribution in [2.45, 2.75) is 13.0 Å². The Morgan fingerprint density at radius 2 is 2.09 bits per heavy atom. The third kappa shape index (κ3) is 3.40. The first-order chi connectivity index (χ1) is 11.2. The summed E-state index contributed by atoms with van der Waals surface area (Å²) in [4.78, 5) is 18.3. The molecule has 0 fully saturated rings. The molecule has 1 aliphatic rings. The van der Waals surface area contributed by atoms with Gasteiger partial charge in [-0.3, -0.25) is 4.79 Å². The molecule has 0 bridgehead atoms. The van der Waals surface area contributed by atoms with Gasteiger partial charge in [0.05, 0.1) is 12.1 Å². The summed E-state index contributed by atoms with van der Waals surface area (Å²) in [7, 11) is 0. The third-order valence-electron chi connectivity index (χ3n) is 3.65. The highest BCUT2D eigenvalue weighted by Gasteiger charge is 2.26. The molecule has 2 heterocycles. The molecule has 2 aromatic rings. The lowest BCUT2D eigenvalue weighted by Crippen LogP contribution is -2.43. The normalized spacial score (nSPS) is 16.0. The summed E-state index contributed by atoms with van der Waals surface area (Å²) in [5, 5.41) is 0.210. The number of likely N-dealkylation sites (N-methyl/N-ethyl adjacent to an activating group) is 1. The highest BCUT2D eigenvalue weighted by molar-refractivity contribution is 6.32. The molecule has 1 aliphatic heterocycles. The van der Waals surface area contributed by atoms with Gasteiger partial charge in [-0.25, -0.2) is 4.98 Å². The van der Waals surface area contributed by atoms with E-state index in [0.29, 0.717) is 31.0 Å². The molecule has 1 aromatic carbocycles. The topological polar surface area (TPSA) is 51.7 Å². The Morgan fingerprint density at radius 1 is 1.30 bits per heavy atom. The Hall–Kier alpha value is -2.27. The minimum absolute atomic E-state index is 0.159. The van der Waals surface area contributed by atoms with Crippen molar-refractivity contribution in [1.29, 1.82) is 0 Å².